The van der Waals surface area contributed by atoms with Crippen LogP contribution in [-0.2, 0) is 17.1 Å². The Bertz CT molecular complexity index is 48.0. The second kappa shape index (κ2) is 14.8. The van der Waals surface area contributed by atoms with Gasteiger partial charge in [-0.25, -0.2) is 0 Å². The van der Waals surface area contributed by atoms with E-state index in [4.69, 9.17) is 0 Å². The molecule has 1 heteroatoms. The van der Waals surface area contributed by atoms with Crippen molar-refractivity contribution in [3.8, 4) is 0 Å². The number of rotatable bonds is 0. The Kier molecular flexibility index (Phi) is 17.9. The van der Waals surface area contributed by atoms with Crippen molar-refractivity contribution in [2.24, 2.45) is 0 Å². The summed E-state index contributed by atoms with van der Waals surface area (Å²) in [5.41, 5.74) is 0. The van der Waals surface area contributed by atoms with E-state index in [9.17, 15) is 0 Å². The van der Waals surface area contributed by atoms with Crippen molar-refractivity contribution in [2.45, 2.75) is 64.2 Å². The third-order valence-electron chi connectivity index (χ3n) is 2.50. The summed E-state index contributed by atoms with van der Waals surface area (Å²) in [4.78, 5) is 0. The van der Waals surface area contributed by atoms with Gasteiger partial charge in [0.15, 0.2) is 0 Å². The van der Waals surface area contributed by atoms with Crippen molar-refractivity contribution in [3.05, 3.63) is 13.2 Å². The Morgan fingerprint density at radius 2 is 0.538 bits per heavy atom. The van der Waals surface area contributed by atoms with Crippen molar-refractivity contribution in [1.82, 2.24) is 0 Å². The molecule has 0 saturated heterocycles. The van der Waals surface area contributed by atoms with Gasteiger partial charge in [0.2, 0.25) is 0 Å². The molecule has 0 aromatic rings. The quantitative estimate of drug-likeness (QED) is 0.419. The van der Waals surface area contributed by atoms with Gasteiger partial charge in [-0.15, -0.1) is 0 Å². The first-order chi connectivity index (χ1) is 6.00. The van der Waals surface area contributed by atoms with E-state index < -0.39 is 0 Å². The van der Waals surface area contributed by atoms with Gasteiger partial charge in [-0.2, -0.15) is 0 Å². The largest absolute Gasteiger partial charge is 0.521 e. The van der Waals surface area contributed by atoms with E-state index in [-0.39, 0.29) is 17.1 Å². The van der Waals surface area contributed by atoms with Crippen LogP contribution in [0.1, 0.15) is 64.2 Å². The summed E-state index contributed by atoms with van der Waals surface area (Å²) in [6, 6.07) is 0. The molecule has 0 aromatic carbocycles. The molecule has 0 heterocycles. The Labute approximate surface area is 94.7 Å². The van der Waals surface area contributed by atoms with Crippen molar-refractivity contribution in [2.75, 3.05) is 0 Å². The van der Waals surface area contributed by atoms with Crippen molar-refractivity contribution < 1.29 is 17.1 Å². The molecule has 2 aliphatic rings. The summed E-state index contributed by atoms with van der Waals surface area (Å²) in [5.74, 6) is 0. The third-order valence-corrected chi connectivity index (χ3v) is 2.50. The molecule has 0 radical (unpaired) electrons. The molecule has 2 rings (SSSR count). The van der Waals surface area contributed by atoms with Gasteiger partial charge in [0.1, 0.15) is 0 Å². The third kappa shape index (κ3) is 12.3. The molecule has 2 saturated carbocycles. The van der Waals surface area contributed by atoms with Gasteiger partial charge in [0.25, 0.3) is 0 Å². The van der Waals surface area contributed by atoms with Crippen LogP contribution in [0.15, 0.2) is 6.58 Å². The first-order valence-electron chi connectivity index (χ1n) is 5.41. The van der Waals surface area contributed by atoms with Gasteiger partial charge in [-0.3, -0.25) is 6.58 Å². The fraction of sp³-hybridized carbons (Fsp3) is 0.833. The van der Waals surface area contributed by atoms with Crippen LogP contribution < -0.4 is 0 Å². The van der Waals surface area contributed by atoms with Crippen LogP contribution in [0.4, 0.5) is 0 Å². The fourth-order valence-electron chi connectivity index (χ4n) is 1.77. The fourth-order valence-corrected chi connectivity index (χ4v) is 1.77. The van der Waals surface area contributed by atoms with Crippen LogP contribution >= 0.6 is 0 Å². The topological polar surface area (TPSA) is 0 Å². The molecule has 0 unspecified atom stereocenters. The van der Waals surface area contributed by atoms with Crippen LogP contribution in [0.25, 0.3) is 0 Å². The minimum atomic E-state index is 0. The normalized spacial score (nSPS) is 18.8. The Morgan fingerprint density at radius 3 is 0.615 bits per heavy atom. The minimum absolute atomic E-state index is 0. The maximum Gasteiger partial charge on any atom is 0 e. The van der Waals surface area contributed by atoms with E-state index in [0.717, 1.165) is 0 Å². The van der Waals surface area contributed by atoms with E-state index in [1.807, 2.05) is 0 Å². The van der Waals surface area contributed by atoms with Gasteiger partial charge < -0.3 is 6.58 Å². The predicted molar refractivity (Wildman–Crippen MR) is 56.1 cm³/mol. The van der Waals surface area contributed by atoms with E-state index in [1.165, 1.54) is 64.2 Å². The van der Waals surface area contributed by atoms with Crippen molar-refractivity contribution >= 4 is 0 Å². The molecular formula is C12H23Fe-. The van der Waals surface area contributed by atoms with Crippen LogP contribution in [-0.4, -0.2) is 0 Å². The standard InChI is InChI=1S/2C5H10.C2H3.Fe/c2*1-2-4-5-3-1;1-2;/h2*1-5H2;1H,2H2;/q;;-1;. The van der Waals surface area contributed by atoms with Gasteiger partial charge in [-0.05, 0) is 0 Å². The summed E-state index contributed by atoms with van der Waals surface area (Å²) < 4.78 is 0. The maximum absolute atomic E-state index is 4.25. The monoisotopic (exact) mass is 223 g/mol. The van der Waals surface area contributed by atoms with E-state index in [1.54, 1.807) is 0 Å². The molecule has 0 bridgehead atoms. The molecule has 13 heavy (non-hydrogen) atoms. The summed E-state index contributed by atoms with van der Waals surface area (Å²) >= 11 is 0. The SMILES string of the molecule is C1CCCC1.C1CCCC1.[CH-]=C.[Fe]. The Morgan fingerprint density at radius 1 is 0.462 bits per heavy atom. The summed E-state index contributed by atoms with van der Waals surface area (Å²) in [7, 11) is 0. The van der Waals surface area contributed by atoms with Crippen molar-refractivity contribution in [1.29, 1.82) is 0 Å². The second-order valence-corrected chi connectivity index (χ2v) is 3.54. The first-order valence-corrected chi connectivity index (χ1v) is 5.41. The molecule has 0 N–H and O–H groups in total. The van der Waals surface area contributed by atoms with Crippen LogP contribution in [0, 0.1) is 6.58 Å². The first kappa shape index (κ1) is 15.7. The van der Waals surface area contributed by atoms with Gasteiger partial charge >= 0.3 is 0 Å². The molecule has 0 amide bonds. The molecule has 2 aliphatic carbocycles. The molecule has 0 aromatic heterocycles. The molecule has 0 atom stereocenters. The zero-order valence-electron chi connectivity index (χ0n) is 8.71. The summed E-state index contributed by atoms with van der Waals surface area (Å²) in [5, 5.41) is 0. The molecular weight excluding hydrogens is 200 g/mol. The van der Waals surface area contributed by atoms with Gasteiger partial charge in [0.05, 0.1) is 0 Å². The van der Waals surface area contributed by atoms with Gasteiger partial charge in [-0.1, -0.05) is 64.2 Å². The van der Waals surface area contributed by atoms with Crippen molar-refractivity contribution in [3.63, 3.8) is 0 Å². The van der Waals surface area contributed by atoms with E-state index in [0.29, 0.717) is 0 Å². The zero-order valence-corrected chi connectivity index (χ0v) is 9.81. The smallest absolute Gasteiger partial charge is 0 e. The van der Waals surface area contributed by atoms with E-state index in [2.05, 4.69) is 13.2 Å². The average molecular weight is 223 g/mol. The summed E-state index contributed by atoms with van der Waals surface area (Å²) in [6.45, 7) is 7.00. The Hall–Kier alpha value is 0.259. The molecule has 0 aliphatic heterocycles. The van der Waals surface area contributed by atoms with E-state index >= 15 is 0 Å². The van der Waals surface area contributed by atoms with Crippen LogP contribution in [0.3, 0.4) is 0 Å². The molecule has 80 valence electrons. The molecule has 0 spiro atoms. The zero-order chi connectivity index (χ0) is 9.07. The Balaban J connectivity index is 0. The number of hydrogen-bond acceptors (Lipinski definition) is 0. The minimum Gasteiger partial charge on any atom is -0.521 e. The number of hydrogen-bond donors (Lipinski definition) is 0. The summed E-state index contributed by atoms with van der Waals surface area (Å²) in [6.07, 6.45) is 15.0. The average Bonchev–Trinajstić information content (AvgIpc) is 2.87. The van der Waals surface area contributed by atoms with Crippen LogP contribution in [0.2, 0.25) is 0 Å². The molecule has 2 fully saturated rings. The second-order valence-electron chi connectivity index (χ2n) is 3.54. The maximum atomic E-state index is 4.25. The van der Waals surface area contributed by atoms with Crippen LogP contribution in [0.5, 0.6) is 0 Å². The molecule has 0 nitrogen and oxygen atoms in total. The van der Waals surface area contributed by atoms with Gasteiger partial charge in [0, 0.05) is 17.1 Å². The predicted octanol–water partition coefficient (Wildman–Crippen LogP) is 4.50.